The molecule has 166 valence electrons. The number of benzene rings is 2. The molecule has 0 bridgehead atoms. The maximum Gasteiger partial charge on any atom is 0.260 e. The van der Waals surface area contributed by atoms with Gasteiger partial charge in [-0.15, -0.1) is 0 Å². The molecule has 1 amide bonds. The van der Waals surface area contributed by atoms with Gasteiger partial charge in [-0.2, -0.15) is 0 Å². The number of carbonyl (C=O) groups excluding carboxylic acids is 1. The van der Waals surface area contributed by atoms with Crippen molar-refractivity contribution in [3.05, 3.63) is 53.1 Å². The van der Waals surface area contributed by atoms with Crippen molar-refractivity contribution in [2.45, 2.75) is 32.6 Å². The average molecular weight is 459 g/mol. The number of ether oxygens (including phenoxy) is 1. The Morgan fingerprint density at radius 1 is 1.06 bits per heavy atom. The van der Waals surface area contributed by atoms with Crippen LogP contribution in [0.15, 0.2) is 36.4 Å². The summed E-state index contributed by atoms with van der Waals surface area (Å²) >= 11 is 1.54. The van der Waals surface area contributed by atoms with Crippen LogP contribution in [0.4, 0.5) is 5.13 Å². The van der Waals surface area contributed by atoms with Gasteiger partial charge in [-0.1, -0.05) is 17.4 Å². The lowest BCUT2D eigenvalue weighted by atomic mass is 9.90. The average Bonchev–Trinajstić information content (AvgIpc) is 3.16. The van der Waals surface area contributed by atoms with Crippen LogP contribution < -0.4 is 22.0 Å². The van der Waals surface area contributed by atoms with E-state index in [-0.39, 0.29) is 18.3 Å². The van der Waals surface area contributed by atoms with Crippen molar-refractivity contribution in [3.8, 4) is 5.75 Å². The zero-order valence-corrected chi connectivity index (χ0v) is 19.9. The fourth-order valence-corrected chi connectivity index (χ4v) is 4.89. The Labute approximate surface area is 194 Å². The van der Waals surface area contributed by atoms with Gasteiger partial charge >= 0.3 is 0 Å². The summed E-state index contributed by atoms with van der Waals surface area (Å²) < 4.78 is 6.66. The minimum Gasteiger partial charge on any atom is -1.00 e. The molecule has 5 nitrogen and oxygen atoms in total. The lowest BCUT2D eigenvalue weighted by molar-refractivity contribution is -0.0000144. The quantitative estimate of drug-likeness (QED) is 0.541. The smallest absolute Gasteiger partial charge is 0.260 e. The molecule has 0 aliphatic heterocycles. The number of aryl methyl sites for hydroxylation is 2. The van der Waals surface area contributed by atoms with Crippen molar-refractivity contribution in [1.29, 1.82) is 0 Å². The summed E-state index contributed by atoms with van der Waals surface area (Å²) in [6.07, 6.45) is 4.63. The van der Waals surface area contributed by atoms with Crippen molar-refractivity contribution in [2.24, 2.45) is 0 Å². The Morgan fingerprint density at radius 2 is 1.84 bits per heavy atom. The van der Waals surface area contributed by atoms with Crippen molar-refractivity contribution in [1.82, 2.24) is 9.88 Å². The summed E-state index contributed by atoms with van der Waals surface area (Å²) in [6, 6.07) is 12.1. The van der Waals surface area contributed by atoms with Crippen molar-refractivity contribution >= 4 is 32.6 Å². The van der Waals surface area contributed by atoms with Crippen LogP contribution in [0, 0.1) is 0 Å². The Hall–Kier alpha value is -2.15. The molecule has 7 heteroatoms. The van der Waals surface area contributed by atoms with Crippen molar-refractivity contribution in [2.75, 3.05) is 38.7 Å². The van der Waals surface area contributed by atoms with E-state index in [1.54, 1.807) is 11.3 Å². The number of carbonyl (C=O) groups is 1. The number of aromatic nitrogens is 1. The second-order valence-electron chi connectivity index (χ2n) is 8.01. The Bertz CT molecular complexity index is 1050. The summed E-state index contributed by atoms with van der Waals surface area (Å²) in [5, 5.41) is 0.739. The highest BCUT2D eigenvalue weighted by molar-refractivity contribution is 7.22. The van der Waals surface area contributed by atoms with Crippen LogP contribution in [0.5, 0.6) is 5.75 Å². The summed E-state index contributed by atoms with van der Waals surface area (Å²) in [5.74, 6) is 0.857. The molecule has 2 aromatic carbocycles. The van der Waals surface area contributed by atoms with Gasteiger partial charge in [-0.25, -0.2) is 4.98 Å². The molecule has 3 aromatic rings. The molecule has 31 heavy (non-hydrogen) atoms. The highest BCUT2D eigenvalue weighted by atomic mass is 35.5. The molecule has 0 radical (unpaired) electrons. The molecule has 4 rings (SSSR count). The molecule has 0 saturated carbocycles. The van der Waals surface area contributed by atoms with E-state index in [9.17, 15) is 4.79 Å². The monoisotopic (exact) mass is 458 g/mol. The number of likely N-dealkylation sites (N-methyl/N-ethyl adjacent to an activating group) is 1. The second kappa shape index (κ2) is 10.4. The Kier molecular flexibility index (Phi) is 7.92. The zero-order chi connectivity index (χ0) is 21.1. The van der Waals surface area contributed by atoms with E-state index in [2.05, 4.69) is 17.0 Å². The fraction of sp³-hybridized carbons (Fsp3) is 0.417. The first-order chi connectivity index (χ1) is 14.5. The minimum absolute atomic E-state index is 0. The van der Waals surface area contributed by atoms with Gasteiger partial charge in [0.25, 0.3) is 5.91 Å². The molecule has 1 aliphatic rings. The SMILES string of the molecule is CCOc1ccc2nc(N(CCN(C)C)C(=O)c3ccc4c(c3)CCCC4)sc2c1.[Cl-]. The number of rotatable bonds is 7. The molecule has 0 saturated heterocycles. The largest absolute Gasteiger partial charge is 1.00 e. The van der Waals surface area contributed by atoms with Crippen LogP contribution in [0.3, 0.4) is 0 Å². The van der Waals surface area contributed by atoms with Gasteiger partial charge in [0.15, 0.2) is 5.13 Å². The first kappa shape index (κ1) is 23.5. The molecule has 1 heterocycles. The number of hydrogen-bond donors (Lipinski definition) is 0. The standard InChI is InChI=1S/C24H29N3O2S.ClH/c1-4-29-20-11-12-21-22(16-20)30-24(25-21)27(14-13-26(2)3)23(28)19-10-9-17-7-5-6-8-18(17)15-19;/h9-12,15-16H,4-8,13-14H2,1-3H3;1H/p-1. The van der Waals surface area contributed by atoms with Gasteiger partial charge in [0.05, 0.1) is 16.8 Å². The molecular weight excluding hydrogens is 430 g/mol. The van der Waals surface area contributed by atoms with Crippen LogP contribution in [0.25, 0.3) is 10.2 Å². The van der Waals surface area contributed by atoms with E-state index >= 15 is 0 Å². The second-order valence-corrected chi connectivity index (χ2v) is 9.02. The number of anilines is 1. The van der Waals surface area contributed by atoms with Crippen LogP contribution in [-0.4, -0.2) is 49.6 Å². The molecule has 0 N–H and O–H groups in total. The van der Waals surface area contributed by atoms with E-state index in [4.69, 9.17) is 9.72 Å². The van der Waals surface area contributed by atoms with E-state index in [1.165, 1.54) is 24.0 Å². The maximum atomic E-state index is 13.5. The van der Waals surface area contributed by atoms with Gasteiger partial charge in [0.2, 0.25) is 0 Å². The molecular formula is C24H29ClN3O2S-. The summed E-state index contributed by atoms with van der Waals surface area (Å²) in [6.45, 7) is 3.98. The van der Waals surface area contributed by atoms with Gasteiger partial charge in [-0.3, -0.25) is 9.69 Å². The number of nitrogens with zero attached hydrogens (tertiary/aromatic N) is 3. The van der Waals surface area contributed by atoms with Crippen molar-refractivity contribution < 1.29 is 21.9 Å². The summed E-state index contributed by atoms with van der Waals surface area (Å²) in [7, 11) is 4.04. The Morgan fingerprint density at radius 3 is 2.58 bits per heavy atom. The predicted molar refractivity (Wildman–Crippen MR) is 124 cm³/mol. The Balaban J connectivity index is 0.00000272. The number of halogens is 1. The van der Waals surface area contributed by atoms with Crippen LogP contribution in [0.1, 0.15) is 41.3 Å². The number of fused-ring (bicyclic) bond motifs is 2. The third-order valence-electron chi connectivity index (χ3n) is 5.50. The normalized spacial score (nSPS) is 13.0. The number of hydrogen-bond acceptors (Lipinski definition) is 5. The zero-order valence-electron chi connectivity index (χ0n) is 18.4. The van der Waals surface area contributed by atoms with Crippen LogP contribution >= 0.6 is 11.3 Å². The van der Waals surface area contributed by atoms with Gasteiger partial charge in [-0.05, 0) is 88.2 Å². The highest BCUT2D eigenvalue weighted by Crippen LogP contribution is 2.32. The summed E-state index contributed by atoms with van der Waals surface area (Å²) in [5.41, 5.74) is 4.36. The van der Waals surface area contributed by atoms with E-state index in [0.717, 1.165) is 46.0 Å². The van der Waals surface area contributed by atoms with Gasteiger partial charge < -0.3 is 22.0 Å². The van der Waals surface area contributed by atoms with Crippen LogP contribution in [0.2, 0.25) is 0 Å². The van der Waals surface area contributed by atoms with E-state index in [0.29, 0.717) is 13.2 Å². The first-order valence-electron chi connectivity index (χ1n) is 10.7. The van der Waals surface area contributed by atoms with Crippen molar-refractivity contribution in [3.63, 3.8) is 0 Å². The first-order valence-corrected chi connectivity index (χ1v) is 11.5. The molecule has 1 aliphatic carbocycles. The molecule has 0 atom stereocenters. The lowest BCUT2D eigenvalue weighted by Crippen LogP contribution is -3.00. The molecule has 0 spiro atoms. The van der Waals surface area contributed by atoms with E-state index < -0.39 is 0 Å². The third-order valence-corrected chi connectivity index (χ3v) is 6.54. The third kappa shape index (κ3) is 5.37. The van der Waals surface area contributed by atoms with Crippen LogP contribution in [-0.2, 0) is 12.8 Å². The maximum absolute atomic E-state index is 13.5. The van der Waals surface area contributed by atoms with E-state index in [1.807, 2.05) is 50.2 Å². The highest BCUT2D eigenvalue weighted by Gasteiger charge is 2.23. The lowest BCUT2D eigenvalue weighted by Gasteiger charge is -2.23. The minimum atomic E-state index is 0. The predicted octanol–water partition coefficient (Wildman–Crippen LogP) is 1.79. The van der Waals surface area contributed by atoms with Gasteiger partial charge in [0.1, 0.15) is 5.75 Å². The molecule has 0 unspecified atom stereocenters. The fourth-order valence-electron chi connectivity index (χ4n) is 3.87. The topological polar surface area (TPSA) is 45.7 Å². The number of amides is 1. The van der Waals surface area contributed by atoms with Gasteiger partial charge in [0, 0.05) is 18.7 Å². The number of thiazole rings is 1. The summed E-state index contributed by atoms with van der Waals surface area (Å²) in [4.78, 5) is 22.2. The molecule has 1 aromatic heterocycles. The molecule has 0 fully saturated rings.